The summed E-state index contributed by atoms with van der Waals surface area (Å²) in [6, 6.07) is 17.0. The van der Waals surface area contributed by atoms with Gasteiger partial charge in [0.05, 0.1) is 15.5 Å². The van der Waals surface area contributed by atoms with Crippen molar-refractivity contribution in [1.82, 2.24) is 5.32 Å². The Labute approximate surface area is 177 Å². The summed E-state index contributed by atoms with van der Waals surface area (Å²) < 4.78 is 6.60. The summed E-state index contributed by atoms with van der Waals surface area (Å²) in [6.07, 6.45) is 1.64. The normalized spacial score (nSPS) is 16.4. The van der Waals surface area contributed by atoms with E-state index in [2.05, 4.69) is 26.2 Å². The molecule has 0 radical (unpaired) electrons. The van der Waals surface area contributed by atoms with E-state index in [0.717, 1.165) is 10.2 Å². The van der Waals surface area contributed by atoms with E-state index in [4.69, 9.17) is 4.42 Å². The fourth-order valence-corrected chi connectivity index (χ4v) is 3.78. The second-order valence-electron chi connectivity index (χ2n) is 5.94. The number of non-ortho nitro benzene ring substituents is 1. The van der Waals surface area contributed by atoms with Crippen LogP contribution < -0.4 is 5.32 Å². The van der Waals surface area contributed by atoms with Gasteiger partial charge in [-0.3, -0.25) is 14.9 Å². The molecule has 1 fully saturated rings. The highest BCUT2D eigenvalue weighted by molar-refractivity contribution is 9.10. The maximum Gasteiger partial charge on any atom is 0.269 e. The molecule has 1 N–H and O–H groups in total. The van der Waals surface area contributed by atoms with Crippen molar-refractivity contribution in [2.45, 2.75) is 0 Å². The monoisotopic (exact) mass is 469 g/mol. The number of amides is 1. The van der Waals surface area contributed by atoms with E-state index in [1.807, 2.05) is 24.3 Å². The first-order valence-corrected chi connectivity index (χ1v) is 9.99. The van der Waals surface area contributed by atoms with Gasteiger partial charge < -0.3 is 9.73 Å². The quantitative estimate of drug-likeness (QED) is 0.308. The van der Waals surface area contributed by atoms with Crippen LogP contribution >= 0.6 is 27.7 Å². The zero-order valence-corrected chi connectivity index (χ0v) is 17.1. The Hall–Kier alpha value is -3.17. The van der Waals surface area contributed by atoms with Gasteiger partial charge in [-0.2, -0.15) is 0 Å². The van der Waals surface area contributed by atoms with Gasteiger partial charge in [-0.25, -0.2) is 4.99 Å². The van der Waals surface area contributed by atoms with Crippen LogP contribution in [0.25, 0.3) is 17.4 Å². The molecule has 0 bridgehead atoms. The van der Waals surface area contributed by atoms with Crippen molar-refractivity contribution in [3.05, 3.63) is 85.9 Å². The smallest absolute Gasteiger partial charge is 0.269 e. The van der Waals surface area contributed by atoms with Crippen molar-refractivity contribution >= 4 is 56.2 Å². The maximum atomic E-state index is 12.2. The number of hydrogen-bond donors (Lipinski definition) is 1. The molecule has 2 heterocycles. The van der Waals surface area contributed by atoms with Gasteiger partial charge in [-0.15, -0.1) is 0 Å². The lowest BCUT2D eigenvalue weighted by Crippen LogP contribution is -2.19. The van der Waals surface area contributed by atoms with Crippen molar-refractivity contribution in [2.75, 3.05) is 0 Å². The molecule has 1 aliphatic heterocycles. The average molecular weight is 470 g/mol. The number of nitro groups is 1. The fourth-order valence-electron chi connectivity index (χ4n) is 2.59. The molecule has 0 unspecified atom stereocenters. The second kappa shape index (κ2) is 8.06. The zero-order chi connectivity index (χ0) is 20.4. The predicted octanol–water partition coefficient (Wildman–Crippen LogP) is 5.51. The minimum Gasteiger partial charge on any atom is -0.457 e. The molecule has 4 rings (SSSR count). The molecular weight excluding hydrogens is 458 g/mol. The first kappa shape index (κ1) is 19.2. The number of benzene rings is 2. The van der Waals surface area contributed by atoms with Gasteiger partial charge in [0.15, 0.2) is 5.17 Å². The molecular formula is C20H12BrN3O4S. The van der Waals surface area contributed by atoms with Gasteiger partial charge in [-0.05, 0) is 64.1 Å². The molecule has 0 atom stereocenters. The number of para-hydroxylation sites is 1. The molecule has 2 aromatic carbocycles. The summed E-state index contributed by atoms with van der Waals surface area (Å²) >= 11 is 4.65. The third-order valence-corrected chi connectivity index (χ3v) is 5.57. The van der Waals surface area contributed by atoms with Crippen molar-refractivity contribution in [1.29, 1.82) is 0 Å². The number of hydrogen-bond acceptors (Lipinski definition) is 6. The molecule has 0 saturated carbocycles. The third-order valence-electron chi connectivity index (χ3n) is 3.99. The lowest BCUT2D eigenvalue weighted by atomic mass is 10.1. The number of carbonyl (C=O) groups excluding carboxylic acids is 1. The van der Waals surface area contributed by atoms with Gasteiger partial charge in [0.2, 0.25) is 0 Å². The van der Waals surface area contributed by atoms with Crippen LogP contribution in [0.4, 0.5) is 11.4 Å². The number of furan rings is 1. The summed E-state index contributed by atoms with van der Waals surface area (Å²) in [5.74, 6) is 0.796. The average Bonchev–Trinajstić information content (AvgIpc) is 3.31. The van der Waals surface area contributed by atoms with E-state index < -0.39 is 4.92 Å². The molecule has 0 spiro atoms. The number of rotatable bonds is 4. The molecule has 7 nitrogen and oxygen atoms in total. The van der Waals surface area contributed by atoms with Gasteiger partial charge >= 0.3 is 0 Å². The molecule has 1 saturated heterocycles. The molecule has 1 amide bonds. The highest BCUT2D eigenvalue weighted by Crippen LogP contribution is 2.32. The number of aliphatic imine (C=N–C) groups is 1. The molecule has 0 aliphatic carbocycles. The Morgan fingerprint density at radius 1 is 1.10 bits per heavy atom. The zero-order valence-electron chi connectivity index (χ0n) is 14.7. The third kappa shape index (κ3) is 4.30. The topological polar surface area (TPSA) is 97.7 Å². The number of nitro benzene ring substituents is 1. The number of amidine groups is 1. The van der Waals surface area contributed by atoms with E-state index in [9.17, 15) is 14.9 Å². The summed E-state index contributed by atoms with van der Waals surface area (Å²) in [4.78, 5) is 27.5. The van der Waals surface area contributed by atoms with Gasteiger partial charge in [0, 0.05) is 28.2 Å². The largest absolute Gasteiger partial charge is 0.457 e. The van der Waals surface area contributed by atoms with Crippen molar-refractivity contribution < 1.29 is 14.1 Å². The Morgan fingerprint density at radius 3 is 2.59 bits per heavy atom. The van der Waals surface area contributed by atoms with Crippen molar-refractivity contribution in [3.8, 4) is 11.3 Å². The maximum absolute atomic E-state index is 12.2. The summed E-state index contributed by atoms with van der Waals surface area (Å²) in [5, 5.41) is 14.0. The van der Waals surface area contributed by atoms with Crippen LogP contribution in [0.5, 0.6) is 0 Å². The number of carbonyl (C=O) groups is 1. The number of thioether (sulfide) groups is 1. The Kier molecular flexibility index (Phi) is 5.32. The SMILES string of the molecule is O=C1NC(=Nc2ccccc2Br)SC1=Cc1ccc(-c2ccc([N+](=O)[O-])cc2)o1. The standard InChI is InChI=1S/C20H12BrN3O4S/c21-15-3-1-2-4-16(15)22-20-23-19(25)18(29-20)11-14-9-10-17(28-14)12-5-7-13(8-6-12)24(26)27/h1-11H,(H,22,23,25). The Balaban J connectivity index is 1.54. The van der Waals surface area contributed by atoms with Crippen LogP contribution in [-0.2, 0) is 4.79 Å². The molecule has 1 aliphatic rings. The van der Waals surface area contributed by atoms with Gasteiger partial charge in [0.25, 0.3) is 11.6 Å². The Bertz CT molecular complexity index is 1170. The lowest BCUT2D eigenvalue weighted by Gasteiger charge is -1.98. The van der Waals surface area contributed by atoms with Crippen LogP contribution in [0.2, 0.25) is 0 Å². The summed E-state index contributed by atoms with van der Waals surface area (Å²) in [6.45, 7) is 0. The number of halogens is 1. The Morgan fingerprint density at radius 2 is 1.86 bits per heavy atom. The van der Waals surface area contributed by atoms with Crippen LogP contribution in [-0.4, -0.2) is 16.0 Å². The highest BCUT2D eigenvalue weighted by atomic mass is 79.9. The number of nitrogens with zero attached hydrogens (tertiary/aromatic N) is 2. The van der Waals surface area contributed by atoms with Gasteiger partial charge in [-0.1, -0.05) is 12.1 Å². The first-order valence-electron chi connectivity index (χ1n) is 8.38. The number of nitrogens with one attached hydrogen (secondary N) is 1. The minimum absolute atomic E-state index is 0.0125. The molecule has 144 valence electrons. The van der Waals surface area contributed by atoms with Crippen LogP contribution in [0.1, 0.15) is 5.76 Å². The molecule has 29 heavy (non-hydrogen) atoms. The van der Waals surface area contributed by atoms with E-state index in [0.29, 0.717) is 27.2 Å². The van der Waals surface area contributed by atoms with Crippen LogP contribution in [0, 0.1) is 10.1 Å². The van der Waals surface area contributed by atoms with E-state index >= 15 is 0 Å². The van der Waals surface area contributed by atoms with Crippen LogP contribution in [0.15, 0.2) is 79.5 Å². The lowest BCUT2D eigenvalue weighted by molar-refractivity contribution is -0.384. The predicted molar refractivity (Wildman–Crippen MR) is 116 cm³/mol. The second-order valence-corrected chi connectivity index (χ2v) is 7.82. The van der Waals surface area contributed by atoms with E-state index in [-0.39, 0.29) is 11.6 Å². The van der Waals surface area contributed by atoms with Gasteiger partial charge in [0.1, 0.15) is 11.5 Å². The first-order chi connectivity index (χ1) is 14.0. The minimum atomic E-state index is -0.454. The molecule has 3 aromatic rings. The van der Waals surface area contributed by atoms with E-state index in [1.54, 1.807) is 30.3 Å². The summed E-state index contributed by atoms with van der Waals surface area (Å²) in [7, 11) is 0. The fraction of sp³-hybridized carbons (Fsp3) is 0. The highest BCUT2D eigenvalue weighted by Gasteiger charge is 2.24. The molecule has 9 heteroatoms. The van der Waals surface area contributed by atoms with Crippen molar-refractivity contribution in [3.63, 3.8) is 0 Å². The summed E-state index contributed by atoms with van der Waals surface area (Å²) in [5.41, 5.74) is 1.44. The van der Waals surface area contributed by atoms with E-state index in [1.165, 1.54) is 23.9 Å². The van der Waals surface area contributed by atoms with Crippen molar-refractivity contribution in [2.24, 2.45) is 4.99 Å². The molecule has 1 aromatic heterocycles. The van der Waals surface area contributed by atoms with Crippen LogP contribution in [0.3, 0.4) is 0 Å².